The van der Waals surface area contributed by atoms with Crippen molar-refractivity contribution in [2.45, 2.75) is 77.0 Å². The fourth-order valence-electron chi connectivity index (χ4n) is 2.79. The van der Waals surface area contributed by atoms with Crippen LogP contribution in [0.5, 0.6) is 0 Å². The Morgan fingerprint density at radius 2 is 1.45 bits per heavy atom. The number of carboxylic acid groups (broad SMARTS) is 1. The van der Waals surface area contributed by atoms with Crippen molar-refractivity contribution < 1.29 is 9.90 Å². The van der Waals surface area contributed by atoms with Crippen LogP contribution in [0.15, 0.2) is 30.3 Å². The fourth-order valence-corrected chi connectivity index (χ4v) is 2.79. The van der Waals surface area contributed by atoms with Gasteiger partial charge in [0.25, 0.3) is 0 Å². The second kappa shape index (κ2) is 11.9. The molecular formula is C19H32MgO2. The first-order chi connectivity index (χ1) is 10.1. The van der Waals surface area contributed by atoms with Gasteiger partial charge < -0.3 is 5.11 Å². The molecule has 0 spiro atoms. The first-order valence-corrected chi connectivity index (χ1v) is 8.40. The molecule has 0 aliphatic carbocycles. The molecular weight excluding hydrogens is 285 g/mol. The summed E-state index contributed by atoms with van der Waals surface area (Å²) in [6.07, 6.45) is 10.7. The van der Waals surface area contributed by atoms with Crippen molar-refractivity contribution in [2.75, 3.05) is 0 Å². The summed E-state index contributed by atoms with van der Waals surface area (Å²) in [6, 6.07) is 9.63. The van der Waals surface area contributed by atoms with Crippen LogP contribution in [0.1, 0.15) is 77.2 Å². The van der Waals surface area contributed by atoms with Crippen LogP contribution < -0.4 is 0 Å². The predicted octanol–water partition coefficient (Wildman–Crippen LogP) is 4.64. The van der Waals surface area contributed by atoms with Gasteiger partial charge in [0.2, 0.25) is 0 Å². The third-order valence-electron chi connectivity index (χ3n) is 4.41. The number of benzene rings is 1. The van der Waals surface area contributed by atoms with E-state index in [1.165, 1.54) is 38.5 Å². The summed E-state index contributed by atoms with van der Waals surface area (Å²) in [5.41, 5.74) is 0.171. The zero-order valence-corrected chi connectivity index (χ0v) is 13.6. The molecule has 1 unspecified atom stereocenters. The Morgan fingerprint density at radius 1 is 0.955 bits per heavy atom. The molecule has 1 rings (SSSR count). The van der Waals surface area contributed by atoms with Gasteiger partial charge in [0.1, 0.15) is 0 Å². The van der Waals surface area contributed by atoms with E-state index in [-0.39, 0.29) is 23.1 Å². The number of rotatable bonds is 11. The van der Waals surface area contributed by atoms with E-state index >= 15 is 0 Å². The average Bonchev–Trinajstić information content (AvgIpc) is 2.50. The van der Waals surface area contributed by atoms with Crippen molar-refractivity contribution in [1.29, 1.82) is 0 Å². The Balaban J connectivity index is 0.00000441. The molecule has 0 aliphatic heterocycles. The lowest BCUT2D eigenvalue weighted by atomic mass is 9.78. The second-order valence-corrected chi connectivity index (χ2v) is 6.23. The van der Waals surface area contributed by atoms with E-state index in [0.717, 1.165) is 24.8 Å². The van der Waals surface area contributed by atoms with Crippen LogP contribution in [0.4, 0.5) is 0 Å². The molecule has 1 aromatic rings. The highest BCUT2D eigenvalue weighted by atomic mass is 24.3. The zero-order valence-electron chi connectivity index (χ0n) is 13.6. The molecule has 0 heterocycles. The highest BCUT2D eigenvalue weighted by molar-refractivity contribution is 5.80. The summed E-state index contributed by atoms with van der Waals surface area (Å²) in [5.74, 6) is -0.711. The molecule has 0 amide bonds. The van der Waals surface area contributed by atoms with Crippen LogP contribution in [0.3, 0.4) is 0 Å². The van der Waals surface area contributed by atoms with Crippen molar-refractivity contribution in [1.82, 2.24) is 0 Å². The molecule has 0 saturated heterocycles. The molecule has 3 heteroatoms. The van der Waals surface area contributed by atoms with E-state index in [2.05, 4.69) is 6.92 Å². The molecule has 0 saturated carbocycles. The Bertz CT molecular complexity index is 405. The van der Waals surface area contributed by atoms with E-state index < -0.39 is 11.4 Å². The standard InChI is InChI=1S/C19H30O2.Mg.2H/c1-3-4-5-6-7-8-9-13-16-19(2,18(20)21)17-14-11-10-12-15-17;;;/h10-12,14-15H,3-9,13,16H2,1-2H3,(H,20,21);;;. The van der Waals surface area contributed by atoms with E-state index in [0.29, 0.717) is 0 Å². The van der Waals surface area contributed by atoms with Crippen LogP contribution in [0.2, 0.25) is 0 Å². The van der Waals surface area contributed by atoms with Crippen LogP contribution in [0.25, 0.3) is 0 Å². The summed E-state index contributed by atoms with van der Waals surface area (Å²) in [5, 5.41) is 9.59. The molecule has 0 aromatic heterocycles. The van der Waals surface area contributed by atoms with Crippen LogP contribution in [-0.4, -0.2) is 34.1 Å². The molecule has 122 valence electrons. The number of unbranched alkanes of at least 4 members (excludes halogenated alkanes) is 7. The van der Waals surface area contributed by atoms with Gasteiger partial charge >= 0.3 is 29.0 Å². The third-order valence-corrected chi connectivity index (χ3v) is 4.41. The van der Waals surface area contributed by atoms with Gasteiger partial charge in [0.05, 0.1) is 5.41 Å². The van der Waals surface area contributed by atoms with E-state index in [1.54, 1.807) is 0 Å². The number of aliphatic carboxylic acids is 1. The average molecular weight is 317 g/mol. The fraction of sp³-hybridized carbons (Fsp3) is 0.632. The molecule has 0 fully saturated rings. The molecule has 0 bridgehead atoms. The summed E-state index contributed by atoms with van der Waals surface area (Å²) in [6.45, 7) is 4.09. The van der Waals surface area contributed by atoms with Crippen molar-refractivity contribution in [3.63, 3.8) is 0 Å². The van der Waals surface area contributed by atoms with Gasteiger partial charge in [0.15, 0.2) is 0 Å². The molecule has 1 aromatic carbocycles. The molecule has 22 heavy (non-hydrogen) atoms. The SMILES string of the molecule is CCCCCCCCCCC(C)(C(=O)O)c1ccccc1.[MgH2]. The smallest absolute Gasteiger partial charge is 0.316 e. The quantitative estimate of drug-likeness (QED) is 0.477. The van der Waals surface area contributed by atoms with Crippen LogP contribution >= 0.6 is 0 Å². The van der Waals surface area contributed by atoms with Crippen molar-refractivity contribution >= 4 is 29.0 Å². The van der Waals surface area contributed by atoms with Crippen molar-refractivity contribution in [3.05, 3.63) is 35.9 Å². The zero-order chi connectivity index (χ0) is 15.6. The summed E-state index contributed by atoms with van der Waals surface area (Å²) in [7, 11) is 0. The Kier molecular flexibility index (Phi) is 11.7. The maximum absolute atomic E-state index is 11.7. The molecule has 0 aliphatic rings. The monoisotopic (exact) mass is 316 g/mol. The lowest BCUT2D eigenvalue weighted by Gasteiger charge is -2.25. The maximum atomic E-state index is 11.7. The number of carbonyl (C=O) groups is 1. The first kappa shape index (κ1) is 21.5. The van der Waals surface area contributed by atoms with Crippen LogP contribution in [-0.2, 0) is 10.2 Å². The third kappa shape index (κ3) is 7.14. The first-order valence-electron chi connectivity index (χ1n) is 8.40. The second-order valence-electron chi connectivity index (χ2n) is 6.23. The number of carboxylic acids is 1. The number of hydrogen-bond donors (Lipinski definition) is 1. The summed E-state index contributed by atoms with van der Waals surface area (Å²) < 4.78 is 0. The van der Waals surface area contributed by atoms with Crippen LogP contribution in [0, 0.1) is 0 Å². The van der Waals surface area contributed by atoms with Gasteiger partial charge in [-0.25, -0.2) is 0 Å². The highest BCUT2D eigenvalue weighted by Gasteiger charge is 2.34. The highest BCUT2D eigenvalue weighted by Crippen LogP contribution is 2.30. The summed E-state index contributed by atoms with van der Waals surface area (Å²) in [4.78, 5) is 11.7. The van der Waals surface area contributed by atoms with E-state index in [4.69, 9.17) is 0 Å². The molecule has 1 atom stereocenters. The Hall–Kier alpha value is -0.544. The largest absolute Gasteiger partial charge is 0.481 e. The van der Waals surface area contributed by atoms with Crippen molar-refractivity contribution in [2.24, 2.45) is 0 Å². The van der Waals surface area contributed by atoms with Gasteiger partial charge in [-0.05, 0) is 18.9 Å². The number of hydrogen-bond acceptors (Lipinski definition) is 1. The lowest BCUT2D eigenvalue weighted by molar-refractivity contribution is -0.143. The minimum Gasteiger partial charge on any atom is -0.481 e. The van der Waals surface area contributed by atoms with Gasteiger partial charge in [-0.3, -0.25) is 4.79 Å². The normalized spacial score (nSPS) is 13.2. The minimum atomic E-state index is -0.747. The van der Waals surface area contributed by atoms with E-state index in [9.17, 15) is 9.90 Å². The predicted molar refractivity (Wildman–Crippen MR) is 97.2 cm³/mol. The van der Waals surface area contributed by atoms with Gasteiger partial charge in [0, 0.05) is 0 Å². The molecule has 1 N–H and O–H groups in total. The van der Waals surface area contributed by atoms with Crippen molar-refractivity contribution in [3.8, 4) is 0 Å². The molecule has 2 nitrogen and oxygen atoms in total. The maximum Gasteiger partial charge on any atom is 0.316 e. The molecule has 0 radical (unpaired) electrons. The van der Waals surface area contributed by atoms with Gasteiger partial charge in [-0.2, -0.15) is 0 Å². The minimum absolute atomic E-state index is 0. The Morgan fingerprint density at radius 3 is 1.95 bits per heavy atom. The summed E-state index contributed by atoms with van der Waals surface area (Å²) >= 11 is 0. The van der Waals surface area contributed by atoms with Gasteiger partial charge in [-0.1, -0.05) is 88.6 Å². The lowest BCUT2D eigenvalue weighted by Crippen LogP contribution is -2.32. The van der Waals surface area contributed by atoms with E-state index in [1.807, 2.05) is 37.3 Å². The topological polar surface area (TPSA) is 37.3 Å². The van der Waals surface area contributed by atoms with Gasteiger partial charge in [-0.15, -0.1) is 0 Å². The Labute approximate surface area is 151 Å².